The molecule has 0 aromatic carbocycles. The molecule has 19 heavy (non-hydrogen) atoms. The van der Waals surface area contributed by atoms with E-state index in [9.17, 15) is 4.79 Å². The average Bonchev–Trinajstić information content (AvgIpc) is 2.49. The molecule has 0 saturated carbocycles. The van der Waals surface area contributed by atoms with Crippen LogP contribution in [0.15, 0.2) is 24.4 Å². The normalized spacial score (nSPS) is 17.9. The molecular formula is C14H21N3O2. The summed E-state index contributed by atoms with van der Waals surface area (Å²) < 4.78 is 5.30. The minimum absolute atomic E-state index is 0.0502. The van der Waals surface area contributed by atoms with Crippen molar-refractivity contribution in [1.82, 2.24) is 10.3 Å². The molecule has 0 radical (unpaired) electrons. The topological polar surface area (TPSA) is 77.2 Å². The SMILES string of the molecule is NCC1(C(=O)NCCc2ccccn2)CCOCC1. The summed E-state index contributed by atoms with van der Waals surface area (Å²) in [5.41, 5.74) is 6.33. The van der Waals surface area contributed by atoms with Gasteiger partial charge in [-0.2, -0.15) is 0 Å². The third kappa shape index (κ3) is 3.52. The van der Waals surface area contributed by atoms with E-state index in [1.165, 1.54) is 0 Å². The number of nitrogens with two attached hydrogens (primary N) is 1. The summed E-state index contributed by atoms with van der Waals surface area (Å²) in [6.45, 7) is 2.21. The molecule has 5 heteroatoms. The van der Waals surface area contributed by atoms with Crippen molar-refractivity contribution in [2.75, 3.05) is 26.3 Å². The first-order valence-electron chi connectivity index (χ1n) is 6.73. The van der Waals surface area contributed by atoms with Crippen LogP contribution in [0.5, 0.6) is 0 Å². The Morgan fingerprint density at radius 2 is 2.21 bits per heavy atom. The molecule has 5 nitrogen and oxygen atoms in total. The zero-order valence-electron chi connectivity index (χ0n) is 11.1. The van der Waals surface area contributed by atoms with Gasteiger partial charge < -0.3 is 15.8 Å². The highest BCUT2D eigenvalue weighted by atomic mass is 16.5. The fraction of sp³-hybridized carbons (Fsp3) is 0.571. The molecule has 2 heterocycles. The molecule has 0 spiro atoms. The molecule has 1 aliphatic heterocycles. The van der Waals surface area contributed by atoms with Gasteiger partial charge in [-0.1, -0.05) is 6.07 Å². The lowest BCUT2D eigenvalue weighted by molar-refractivity contribution is -0.135. The van der Waals surface area contributed by atoms with Gasteiger partial charge in [0.1, 0.15) is 0 Å². The Kier molecular flexibility index (Phi) is 4.87. The number of rotatable bonds is 5. The van der Waals surface area contributed by atoms with Gasteiger partial charge in [0, 0.05) is 44.6 Å². The second-order valence-corrected chi connectivity index (χ2v) is 4.92. The van der Waals surface area contributed by atoms with E-state index >= 15 is 0 Å². The van der Waals surface area contributed by atoms with E-state index in [1.54, 1.807) is 6.20 Å². The zero-order valence-corrected chi connectivity index (χ0v) is 11.1. The number of carbonyl (C=O) groups excluding carboxylic acids is 1. The van der Waals surface area contributed by atoms with Gasteiger partial charge >= 0.3 is 0 Å². The number of nitrogens with one attached hydrogen (secondary N) is 1. The van der Waals surface area contributed by atoms with Crippen LogP contribution in [-0.2, 0) is 16.0 Å². The number of aromatic nitrogens is 1. The van der Waals surface area contributed by atoms with Crippen molar-refractivity contribution in [2.24, 2.45) is 11.1 Å². The molecular weight excluding hydrogens is 242 g/mol. The van der Waals surface area contributed by atoms with Crippen LogP contribution >= 0.6 is 0 Å². The highest BCUT2D eigenvalue weighted by molar-refractivity contribution is 5.83. The maximum atomic E-state index is 12.3. The molecule has 104 valence electrons. The van der Waals surface area contributed by atoms with Crippen LogP contribution in [0.2, 0.25) is 0 Å². The van der Waals surface area contributed by atoms with E-state index in [2.05, 4.69) is 10.3 Å². The quantitative estimate of drug-likeness (QED) is 0.811. The molecule has 1 aliphatic rings. The molecule has 3 N–H and O–H groups in total. The lowest BCUT2D eigenvalue weighted by atomic mass is 9.79. The van der Waals surface area contributed by atoms with Crippen molar-refractivity contribution in [3.63, 3.8) is 0 Å². The third-order valence-electron chi connectivity index (χ3n) is 3.72. The van der Waals surface area contributed by atoms with E-state index in [-0.39, 0.29) is 5.91 Å². The molecule has 1 saturated heterocycles. The van der Waals surface area contributed by atoms with Gasteiger partial charge in [-0.15, -0.1) is 0 Å². The van der Waals surface area contributed by atoms with Crippen LogP contribution in [0.4, 0.5) is 0 Å². The summed E-state index contributed by atoms with van der Waals surface area (Å²) in [4.78, 5) is 16.5. The van der Waals surface area contributed by atoms with Crippen molar-refractivity contribution < 1.29 is 9.53 Å². The maximum Gasteiger partial charge on any atom is 0.227 e. The summed E-state index contributed by atoms with van der Waals surface area (Å²) in [6, 6.07) is 5.79. The predicted octanol–water partition coefficient (Wildman–Crippen LogP) is 0.496. The monoisotopic (exact) mass is 263 g/mol. The molecule has 0 bridgehead atoms. The Morgan fingerprint density at radius 3 is 2.84 bits per heavy atom. The molecule has 0 unspecified atom stereocenters. The minimum atomic E-state index is -0.442. The first-order chi connectivity index (χ1) is 9.27. The fourth-order valence-electron chi connectivity index (χ4n) is 2.32. The number of hydrogen-bond acceptors (Lipinski definition) is 4. The Bertz CT molecular complexity index is 402. The number of ether oxygens (including phenoxy) is 1. The van der Waals surface area contributed by atoms with Gasteiger partial charge in [0.15, 0.2) is 0 Å². The van der Waals surface area contributed by atoms with Gasteiger partial charge in [0.2, 0.25) is 5.91 Å². The van der Waals surface area contributed by atoms with Gasteiger partial charge in [-0.3, -0.25) is 9.78 Å². The Labute approximate surface area is 113 Å². The van der Waals surface area contributed by atoms with Crippen LogP contribution in [0.3, 0.4) is 0 Å². The molecule has 1 amide bonds. The van der Waals surface area contributed by atoms with Crippen molar-refractivity contribution in [1.29, 1.82) is 0 Å². The smallest absolute Gasteiger partial charge is 0.227 e. The van der Waals surface area contributed by atoms with E-state index < -0.39 is 5.41 Å². The maximum absolute atomic E-state index is 12.3. The van der Waals surface area contributed by atoms with Crippen LogP contribution in [0.1, 0.15) is 18.5 Å². The molecule has 2 rings (SSSR count). The van der Waals surface area contributed by atoms with Crippen molar-refractivity contribution in [3.8, 4) is 0 Å². The summed E-state index contributed by atoms with van der Waals surface area (Å²) >= 11 is 0. The van der Waals surface area contributed by atoms with Gasteiger partial charge in [-0.25, -0.2) is 0 Å². The van der Waals surface area contributed by atoms with Crippen LogP contribution in [0.25, 0.3) is 0 Å². The number of carbonyl (C=O) groups is 1. The van der Waals surface area contributed by atoms with Crippen LogP contribution < -0.4 is 11.1 Å². The molecule has 0 aliphatic carbocycles. The summed E-state index contributed by atoms with van der Waals surface area (Å²) in [5, 5.41) is 2.98. The van der Waals surface area contributed by atoms with Gasteiger partial charge in [0.25, 0.3) is 0 Å². The van der Waals surface area contributed by atoms with E-state index in [0.717, 1.165) is 12.1 Å². The van der Waals surface area contributed by atoms with Crippen molar-refractivity contribution in [2.45, 2.75) is 19.3 Å². The first-order valence-corrected chi connectivity index (χ1v) is 6.73. The predicted molar refractivity (Wildman–Crippen MR) is 72.5 cm³/mol. The van der Waals surface area contributed by atoms with Gasteiger partial charge in [-0.05, 0) is 25.0 Å². The Hall–Kier alpha value is -1.46. The second-order valence-electron chi connectivity index (χ2n) is 4.92. The average molecular weight is 263 g/mol. The lowest BCUT2D eigenvalue weighted by Crippen LogP contribution is -2.49. The first kappa shape index (κ1) is 14.0. The molecule has 1 aromatic heterocycles. The van der Waals surface area contributed by atoms with E-state index in [0.29, 0.717) is 39.1 Å². The Morgan fingerprint density at radius 1 is 1.42 bits per heavy atom. The minimum Gasteiger partial charge on any atom is -0.381 e. The molecule has 0 atom stereocenters. The highest BCUT2D eigenvalue weighted by Crippen LogP contribution is 2.29. The lowest BCUT2D eigenvalue weighted by Gasteiger charge is -2.34. The summed E-state index contributed by atoms with van der Waals surface area (Å²) in [5.74, 6) is 0.0502. The van der Waals surface area contributed by atoms with Crippen LogP contribution in [0, 0.1) is 5.41 Å². The number of hydrogen-bond donors (Lipinski definition) is 2. The number of nitrogens with zero attached hydrogens (tertiary/aromatic N) is 1. The van der Waals surface area contributed by atoms with Crippen molar-refractivity contribution >= 4 is 5.91 Å². The standard InChI is InChI=1S/C14H21N3O2/c15-11-14(5-9-19-10-6-14)13(18)17-8-4-12-3-1-2-7-16-12/h1-3,7H,4-6,8-11,15H2,(H,17,18). The third-order valence-corrected chi connectivity index (χ3v) is 3.72. The summed E-state index contributed by atoms with van der Waals surface area (Å²) in [7, 11) is 0. The highest BCUT2D eigenvalue weighted by Gasteiger charge is 2.38. The zero-order chi connectivity index (χ0) is 13.6. The number of amides is 1. The molecule has 1 fully saturated rings. The van der Waals surface area contributed by atoms with Gasteiger partial charge in [0.05, 0.1) is 5.41 Å². The molecule has 1 aromatic rings. The van der Waals surface area contributed by atoms with Crippen LogP contribution in [-0.4, -0.2) is 37.2 Å². The number of pyridine rings is 1. The largest absolute Gasteiger partial charge is 0.381 e. The van der Waals surface area contributed by atoms with E-state index in [4.69, 9.17) is 10.5 Å². The fourth-order valence-corrected chi connectivity index (χ4v) is 2.32. The summed E-state index contributed by atoms with van der Waals surface area (Å²) in [6.07, 6.45) is 3.92. The van der Waals surface area contributed by atoms with Crippen molar-refractivity contribution in [3.05, 3.63) is 30.1 Å². The second kappa shape index (κ2) is 6.63. The Balaban J connectivity index is 1.83. The van der Waals surface area contributed by atoms with E-state index in [1.807, 2.05) is 18.2 Å².